The Kier molecular flexibility index (Phi) is 4.58. The number of nitrogens with one attached hydrogen (secondary N) is 1. The van der Waals surface area contributed by atoms with Gasteiger partial charge in [0.1, 0.15) is 5.82 Å². The summed E-state index contributed by atoms with van der Waals surface area (Å²) in [6.07, 6.45) is 0. The minimum Gasteiger partial charge on any atom is -0.320 e. The zero-order valence-electron chi connectivity index (χ0n) is 8.64. The van der Waals surface area contributed by atoms with Crippen molar-refractivity contribution in [3.05, 3.63) is 47.7 Å². The number of hydrogen-bond donors (Lipinski definition) is 1. The highest BCUT2D eigenvalue weighted by Gasteiger charge is 2.13. The van der Waals surface area contributed by atoms with E-state index in [1.165, 1.54) is 29.5 Å². The molecule has 0 fully saturated rings. The molecule has 2 aromatic rings. The summed E-state index contributed by atoms with van der Waals surface area (Å²) in [5.74, 6) is -0.597. The SMILES string of the molecule is O=C(Nc1ccc(F)cc1Br)c1cc(Br)c(Br)s1. The maximum Gasteiger partial charge on any atom is 0.265 e. The number of benzene rings is 1. The van der Waals surface area contributed by atoms with Crippen LogP contribution in [0.4, 0.5) is 10.1 Å². The van der Waals surface area contributed by atoms with Gasteiger partial charge in [-0.15, -0.1) is 11.3 Å². The monoisotopic (exact) mass is 455 g/mol. The lowest BCUT2D eigenvalue weighted by atomic mass is 10.3. The van der Waals surface area contributed by atoms with E-state index in [0.29, 0.717) is 15.0 Å². The van der Waals surface area contributed by atoms with Gasteiger partial charge in [0.05, 0.1) is 14.4 Å². The van der Waals surface area contributed by atoms with E-state index in [4.69, 9.17) is 0 Å². The molecule has 1 aromatic carbocycles. The van der Waals surface area contributed by atoms with Crippen molar-refractivity contribution < 1.29 is 9.18 Å². The second kappa shape index (κ2) is 5.81. The molecule has 0 unspecified atom stereocenters. The van der Waals surface area contributed by atoms with E-state index in [1.807, 2.05) is 0 Å². The van der Waals surface area contributed by atoms with E-state index in [9.17, 15) is 9.18 Å². The van der Waals surface area contributed by atoms with Crippen LogP contribution in [0, 0.1) is 5.82 Å². The van der Waals surface area contributed by atoms with Gasteiger partial charge in [-0.2, -0.15) is 0 Å². The Hall–Kier alpha value is -0.240. The van der Waals surface area contributed by atoms with Gasteiger partial charge in [0.15, 0.2) is 0 Å². The van der Waals surface area contributed by atoms with Crippen LogP contribution < -0.4 is 5.32 Å². The first-order chi connectivity index (χ1) is 8.47. The third-order valence-electron chi connectivity index (χ3n) is 2.05. The third kappa shape index (κ3) is 3.20. The van der Waals surface area contributed by atoms with Crippen LogP contribution in [-0.4, -0.2) is 5.91 Å². The summed E-state index contributed by atoms with van der Waals surface area (Å²) >= 11 is 11.2. The fourth-order valence-corrected chi connectivity index (χ4v) is 3.61. The topological polar surface area (TPSA) is 29.1 Å². The van der Waals surface area contributed by atoms with Crippen LogP contribution in [0.1, 0.15) is 9.67 Å². The lowest BCUT2D eigenvalue weighted by Gasteiger charge is -2.05. The van der Waals surface area contributed by atoms with Crippen molar-refractivity contribution in [1.29, 1.82) is 0 Å². The van der Waals surface area contributed by atoms with E-state index in [-0.39, 0.29) is 11.7 Å². The summed E-state index contributed by atoms with van der Waals surface area (Å²) in [5, 5.41) is 2.71. The Labute approximate surface area is 132 Å². The van der Waals surface area contributed by atoms with Gasteiger partial charge in [-0.3, -0.25) is 4.79 Å². The van der Waals surface area contributed by atoms with E-state index in [2.05, 4.69) is 53.1 Å². The van der Waals surface area contributed by atoms with E-state index >= 15 is 0 Å². The average molecular weight is 458 g/mol. The predicted octanol–water partition coefficient (Wildman–Crippen LogP) is 5.43. The van der Waals surface area contributed by atoms with Crippen molar-refractivity contribution >= 4 is 70.7 Å². The number of hydrogen-bond acceptors (Lipinski definition) is 2. The molecule has 1 heterocycles. The normalized spacial score (nSPS) is 10.4. The zero-order valence-corrected chi connectivity index (χ0v) is 14.2. The third-order valence-corrected chi connectivity index (χ3v) is 5.96. The van der Waals surface area contributed by atoms with Crippen LogP contribution in [0.25, 0.3) is 0 Å². The Morgan fingerprint density at radius 3 is 2.44 bits per heavy atom. The number of anilines is 1. The lowest BCUT2D eigenvalue weighted by Crippen LogP contribution is -2.10. The first-order valence-corrected chi connectivity index (χ1v) is 7.88. The molecule has 94 valence electrons. The predicted molar refractivity (Wildman–Crippen MR) is 81.8 cm³/mol. The first-order valence-electron chi connectivity index (χ1n) is 4.68. The van der Waals surface area contributed by atoms with Crippen LogP contribution in [0.3, 0.4) is 0 Å². The van der Waals surface area contributed by atoms with Gasteiger partial charge in [-0.1, -0.05) is 0 Å². The van der Waals surface area contributed by atoms with Crippen LogP contribution in [0.2, 0.25) is 0 Å². The highest BCUT2D eigenvalue weighted by atomic mass is 79.9. The molecule has 1 N–H and O–H groups in total. The standard InChI is InChI=1S/C11H5Br3FNOS/c12-6-3-5(15)1-2-8(6)16-11(17)9-4-7(13)10(14)18-9/h1-4H,(H,16,17). The lowest BCUT2D eigenvalue weighted by molar-refractivity contribution is 0.103. The molecule has 0 aliphatic rings. The fraction of sp³-hybridized carbons (Fsp3) is 0. The Balaban J connectivity index is 2.21. The number of rotatable bonds is 2. The Morgan fingerprint density at radius 1 is 1.17 bits per heavy atom. The van der Waals surface area contributed by atoms with Crippen molar-refractivity contribution in [3.8, 4) is 0 Å². The molecular formula is C11H5Br3FNOS. The molecule has 7 heteroatoms. The average Bonchev–Trinajstić information content (AvgIpc) is 2.63. The van der Waals surface area contributed by atoms with Crippen LogP contribution >= 0.6 is 59.1 Å². The summed E-state index contributed by atoms with van der Waals surface area (Å²) < 4.78 is 15.1. The van der Waals surface area contributed by atoms with Gasteiger partial charge < -0.3 is 5.32 Å². The van der Waals surface area contributed by atoms with Crippen molar-refractivity contribution in [2.45, 2.75) is 0 Å². The van der Waals surface area contributed by atoms with Gasteiger partial charge in [-0.05, 0) is 72.1 Å². The maximum atomic E-state index is 12.9. The van der Waals surface area contributed by atoms with E-state index < -0.39 is 0 Å². The summed E-state index contributed by atoms with van der Waals surface area (Å²) in [4.78, 5) is 12.5. The first kappa shape index (κ1) is 14.2. The molecule has 2 rings (SSSR count). The summed E-state index contributed by atoms with van der Waals surface area (Å²) in [7, 11) is 0. The van der Waals surface area contributed by atoms with Crippen molar-refractivity contribution in [1.82, 2.24) is 0 Å². The second-order valence-corrected chi connectivity index (χ2v) is 7.39. The number of thiophene rings is 1. The molecular weight excluding hydrogens is 453 g/mol. The number of halogens is 4. The molecule has 0 aliphatic heterocycles. The fourth-order valence-electron chi connectivity index (χ4n) is 1.23. The van der Waals surface area contributed by atoms with Crippen LogP contribution in [0.5, 0.6) is 0 Å². The molecule has 1 aromatic heterocycles. The van der Waals surface area contributed by atoms with E-state index in [0.717, 1.165) is 8.26 Å². The van der Waals surface area contributed by atoms with E-state index in [1.54, 1.807) is 6.07 Å². The Morgan fingerprint density at radius 2 is 1.89 bits per heavy atom. The highest BCUT2D eigenvalue weighted by Crippen LogP contribution is 2.33. The number of amides is 1. The van der Waals surface area contributed by atoms with Crippen molar-refractivity contribution in [2.75, 3.05) is 5.32 Å². The van der Waals surface area contributed by atoms with Gasteiger partial charge in [-0.25, -0.2) is 4.39 Å². The zero-order chi connectivity index (χ0) is 13.3. The summed E-state index contributed by atoms with van der Waals surface area (Å²) in [5.41, 5.74) is 0.530. The number of carbonyl (C=O) groups is 1. The molecule has 0 radical (unpaired) electrons. The molecule has 1 amide bonds. The largest absolute Gasteiger partial charge is 0.320 e. The highest BCUT2D eigenvalue weighted by molar-refractivity contribution is 9.13. The molecule has 0 saturated carbocycles. The Bertz CT molecular complexity index is 595. The molecule has 18 heavy (non-hydrogen) atoms. The minimum atomic E-state index is -0.360. The van der Waals surface area contributed by atoms with Crippen LogP contribution in [0.15, 0.2) is 37.0 Å². The van der Waals surface area contributed by atoms with Gasteiger partial charge in [0, 0.05) is 8.95 Å². The minimum absolute atomic E-state index is 0.237. The second-order valence-electron chi connectivity index (χ2n) is 3.31. The van der Waals surface area contributed by atoms with Gasteiger partial charge in [0.25, 0.3) is 5.91 Å². The molecule has 0 bridgehead atoms. The molecule has 0 spiro atoms. The summed E-state index contributed by atoms with van der Waals surface area (Å²) in [6, 6.07) is 5.83. The van der Waals surface area contributed by atoms with Gasteiger partial charge >= 0.3 is 0 Å². The van der Waals surface area contributed by atoms with Crippen molar-refractivity contribution in [2.24, 2.45) is 0 Å². The number of carbonyl (C=O) groups excluding carboxylic acids is 1. The van der Waals surface area contributed by atoms with Gasteiger partial charge in [0.2, 0.25) is 0 Å². The molecule has 0 aliphatic carbocycles. The smallest absolute Gasteiger partial charge is 0.265 e. The molecule has 0 saturated heterocycles. The molecule has 0 atom stereocenters. The quantitative estimate of drug-likeness (QED) is 0.640. The van der Waals surface area contributed by atoms with Crippen LogP contribution in [-0.2, 0) is 0 Å². The van der Waals surface area contributed by atoms with Crippen molar-refractivity contribution in [3.63, 3.8) is 0 Å². The maximum absolute atomic E-state index is 12.9. The molecule has 2 nitrogen and oxygen atoms in total. The summed E-state index contributed by atoms with van der Waals surface area (Å²) in [6.45, 7) is 0.